The maximum atomic E-state index is 6.16. The first-order chi connectivity index (χ1) is 7.13. The minimum Gasteiger partial charge on any atom is -0.383 e. The van der Waals surface area contributed by atoms with Crippen molar-refractivity contribution in [3.05, 3.63) is 0 Å². The fourth-order valence-electron chi connectivity index (χ4n) is 2.47. The number of likely N-dealkylation sites (N-methyl/N-ethyl adjacent to an activating group) is 1. The first-order valence-corrected chi connectivity index (χ1v) is 6.06. The molecule has 2 N–H and O–H groups in total. The van der Waals surface area contributed by atoms with Crippen molar-refractivity contribution in [1.29, 1.82) is 0 Å². The molecule has 1 aliphatic rings. The average molecular weight is 214 g/mol. The van der Waals surface area contributed by atoms with Crippen LogP contribution in [0.3, 0.4) is 0 Å². The summed E-state index contributed by atoms with van der Waals surface area (Å²) >= 11 is 0. The first kappa shape index (κ1) is 12.9. The van der Waals surface area contributed by atoms with Crippen LogP contribution in [0, 0.1) is 11.8 Å². The Kier molecular flexibility index (Phi) is 5.58. The second-order valence-electron chi connectivity index (χ2n) is 5.10. The molecule has 1 saturated carbocycles. The molecule has 0 aromatic carbocycles. The van der Waals surface area contributed by atoms with Crippen LogP contribution in [-0.4, -0.2) is 44.8 Å². The summed E-state index contributed by atoms with van der Waals surface area (Å²) < 4.78 is 5.08. The van der Waals surface area contributed by atoms with Gasteiger partial charge >= 0.3 is 0 Å². The summed E-state index contributed by atoms with van der Waals surface area (Å²) in [5, 5.41) is 0. The van der Waals surface area contributed by atoms with E-state index in [0.29, 0.717) is 12.0 Å². The highest BCUT2D eigenvalue weighted by molar-refractivity contribution is 4.82. The van der Waals surface area contributed by atoms with E-state index in [9.17, 15) is 0 Å². The van der Waals surface area contributed by atoms with Crippen LogP contribution in [0.4, 0.5) is 0 Å². The van der Waals surface area contributed by atoms with Gasteiger partial charge in [-0.15, -0.1) is 0 Å². The molecule has 15 heavy (non-hydrogen) atoms. The van der Waals surface area contributed by atoms with Gasteiger partial charge in [-0.25, -0.2) is 0 Å². The highest BCUT2D eigenvalue weighted by Crippen LogP contribution is 2.28. The quantitative estimate of drug-likeness (QED) is 0.750. The van der Waals surface area contributed by atoms with Crippen LogP contribution in [0.2, 0.25) is 0 Å². The zero-order valence-corrected chi connectivity index (χ0v) is 10.4. The van der Waals surface area contributed by atoms with Gasteiger partial charge in [-0.05, 0) is 38.1 Å². The lowest BCUT2D eigenvalue weighted by Gasteiger charge is -2.35. The molecule has 3 heteroatoms. The molecule has 90 valence electrons. The number of hydrogen-bond donors (Lipinski definition) is 1. The van der Waals surface area contributed by atoms with Gasteiger partial charge in [-0.1, -0.05) is 6.92 Å². The normalized spacial score (nSPS) is 32.2. The number of nitrogens with zero attached hydrogens (tertiary/aromatic N) is 1. The van der Waals surface area contributed by atoms with Gasteiger partial charge in [0.2, 0.25) is 0 Å². The van der Waals surface area contributed by atoms with Gasteiger partial charge in [0, 0.05) is 26.2 Å². The molecule has 0 radical (unpaired) electrons. The van der Waals surface area contributed by atoms with Gasteiger partial charge in [0.15, 0.2) is 0 Å². The Hall–Kier alpha value is -0.120. The van der Waals surface area contributed by atoms with Crippen LogP contribution in [0.15, 0.2) is 0 Å². The van der Waals surface area contributed by atoms with E-state index in [1.54, 1.807) is 7.11 Å². The minimum atomic E-state index is 0.409. The second kappa shape index (κ2) is 6.46. The maximum absolute atomic E-state index is 6.16. The molecule has 0 spiro atoms. The lowest BCUT2D eigenvalue weighted by Crippen LogP contribution is -2.42. The predicted molar refractivity (Wildman–Crippen MR) is 63.9 cm³/mol. The van der Waals surface area contributed by atoms with E-state index in [4.69, 9.17) is 10.5 Å². The highest BCUT2D eigenvalue weighted by Gasteiger charge is 2.26. The third kappa shape index (κ3) is 4.49. The molecule has 0 amide bonds. The summed E-state index contributed by atoms with van der Waals surface area (Å²) in [6.07, 6.45) is 3.79. The molecule has 3 nitrogen and oxygen atoms in total. The molecule has 1 fully saturated rings. The van der Waals surface area contributed by atoms with Crippen LogP contribution in [0.1, 0.15) is 26.2 Å². The summed E-state index contributed by atoms with van der Waals surface area (Å²) in [6, 6.07) is 0.409. The Balaban J connectivity index is 2.28. The lowest BCUT2D eigenvalue weighted by molar-refractivity contribution is 0.132. The molecule has 1 rings (SSSR count). The van der Waals surface area contributed by atoms with E-state index in [1.165, 1.54) is 19.3 Å². The molecule has 0 aromatic heterocycles. The Morgan fingerprint density at radius 1 is 1.40 bits per heavy atom. The van der Waals surface area contributed by atoms with Gasteiger partial charge in [-0.2, -0.15) is 0 Å². The van der Waals surface area contributed by atoms with Crippen LogP contribution < -0.4 is 5.73 Å². The van der Waals surface area contributed by atoms with Crippen molar-refractivity contribution in [1.82, 2.24) is 4.90 Å². The fourth-order valence-corrected chi connectivity index (χ4v) is 2.47. The lowest BCUT2D eigenvalue weighted by atomic mass is 9.79. The predicted octanol–water partition coefficient (Wildman–Crippen LogP) is 1.33. The van der Waals surface area contributed by atoms with E-state index >= 15 is 0 Å². The molecule has 0 aromatic rings. The van der Waals surface area contributed by atoms with Gasteiger partial charge in [0.05, 0.1) is 6.61 Å². The summed E-state index contributed by atoms with van der Waals surface area (Å²) in [7, 11) is 3.91. The van der Waals surface area contributed by atoms with E-state index in [2.05, 4.69) is 18.9 Å². The molecule has 3 unspecified atom stereocenters. The summed E-state index contributed by atoms with van der Waals surface area (Å²) in [5.74, 6) is 1.53. The Morgan fingerprint density at radius 3 is 2.80 bits per heavy atom. The van der Waals surface area contributed by atoms with Crippen molar-refractivity contribution >= 4 is 0 Å². The molecule has 0 saturated heterocycles. The van der Waals surface area contributed by atoms with Crippen LogP contribution >= 0.6 is 0 Å². The van der Waals surface area contributed by atoms with Crippen molar-refractivity contribution in [2.45, 2.75) is 32.2 Å². The van der Waals surface area contributed by atoms with Crippen LogP contribution in [-0.2, 0) is 4.74 Å². The van der Waals surface area contributed by atoms with E-state index in [0.717, 1.165) is 25.6 Å². The second-order valence-corrected chi connectivity index (χ2v) is 5.10. The summed E-state index contributed by atoms with van der Waals surface area (Å²) in [6.45, 7) is 5.28. The van der Waals surface area contributed by atoms with Crippen molar-refractivity contribution in [2.75, 3.05) is 33.9 Å². The van der Waals surface area contributed by atoms with Crippen molar-refractivity contribution in [3.8, 4) is 0 Å². The standard InChI is InChI=1S/C12H26N2O/c1-10-4-5-12(13)11(8-10)9-14(2)6-7-15-3/h10-12H,4-9,13H2,1-3H3. The third-order valence-corrected chi connectivity index (χ3v) is 3.53. The van der Waals surface area contributed by atoms with Crippen molar-refractivity contribution < 1.29 is 4.74 Å². The minimum absolute atomic E-state index is 0.409. The first-order valence-electron chi connectivity index (χ1n) is 6.06. The Bertz CT molecular complexity index is 175. The molecular weight excluding hydrogens is 188 g/mol. The molecule has 1 aliphatic carbocycles. The number of methoxy groups -OCH3 is 1. The monoisotopic (exact) mass is 214 g/mol. The van der Waals surface area contributed by atoms with Gasteiger partial charge in [0.25, 0.3) is 0 Å². The van der Waals surface area contributed by atoms with Gasteiger partial charge in [-0.3, -0.25) is 0 Å². The molecule has 0 aliphatic heterocycles. The van der Waals surface area contributed by atoms with Crippen molar-refractivity contribution in [2.24, 2.45) is 17.6 Å². The molecule has 0 heterocycles. The van der Waals surface area contributed by atoms with Crippen molar-refractivity contribution in [3.63, 3.8) is 0 Å². The molecular formula is C12H26N2O. The van der Waals surface area contributed by atoms with E-state index in [1.807, 2.05) is 0 Å². The SMILES string of the molecule is COCCN(C)CC1CC(C)CCC1N. The number of ether oxygens (including phenoxy) is 1. The average Bonchev–Trinajstić information content (AvgIpc) is 2.20. The molecule has 3 atom stereocenters. The van der Waals surface area contributed by atoms with E-state index < -0.39 is 0 Å². The number of nitrogens with two attached hydrogens (primary N) is 1. The third-order valence-electron chi connectivity index (χ3n) is 3.53. The maximum Gasteiger partial charge on any atom is 0.0589 e. The topological polar surface area (TPSA) is 38.5 Å². The number of rotatable bonds is 5. The molecule has 0 bridgehead atoms. The zero-order valence-electron chi connectivity index (χ0n) is 10.4. The smallest absolute Gasteiger partial charge is 0.0589 e. The highest BCUT2D eigenvalue weighted by atomic mass is 16.5. The van der Waals surface area contributed by atoms with Crippen LogP contribution in [0.5, 0.6) is 0 Å². The van der Waals surface area contributed by atoms with Gasteiger partial charge < -0.3 is 15.4 Å². The fraction of sp³-hybridized carbons (Fsp3) is 1.00. The Morgan fingerprint density at radius 2 is 2.13 bits per heavy atom. The van der Waals surface area contributed by atoms with Gasteiger partial charge in [0.1, 0.15) is 0 Å². The summed E-state index contributed by atoms with van der Waals surface area (Å²) in [4.78, 5) is 2.34. The summed E-state index contributed by atoms with van der Waals surface area (Å²) in [5.41, 5.74) is 6.16. The van der Waals surface area contributed by atoms with E-state index in [-0.39, 0.29) is 0 Å². The number of hydrogen-bond acceptors (Lipinski definition) is 3. The van der Waals surface area contributed by atoms with Crippen LogP contribution in [0.25, 0.3) is 0 Å². The zero-order chi connectivity index (χ0) is 11.3. The largest absolute Gasteiger partial charge is 0.383 e. The Labute approximate surface area is 94.0 Å².